The van der Waals surface area contributed by atoms with Gasteiger partial charge in [-0.2, -0.15) is 0 Å². The fourth-order valence-corrected chi connectivity index (χ4v) is 7.44. The Morgan fingerprint density at radius 3 is 1.64 bits per heavy atom. The molecule has 29 nitrogen and oxygen atoms in total. The molecule has 1 fully saturated rings. The fraction of sp³-hybridized carbons (Fsp3) is 0.766. The van der Waals surface area contributed by atoms with Gasteiger partial charge >= 0.3 is 17.9 Å². The Hall–Kier alpha value is -6.11. The molecular weight excluding hydrogens is 1010 g/mol. The Kier molecular flexibility index (Phi) is 34.6. The number of unbranched alkanes of at least 4 members (excludes halogenated alkanes) is 8. The molecule has 29 heteroatoms. The van der Waals surface area contributed by atoms with Gasteiger partial charge in [-0.1, -0.05) is 58.3 Å². The van der Waals surface area contributed by atoms with Crippen LogP contribution >= 0.6 is 0 Å². The number of aliphatic carboxylic acids is 3. The van der Waals surface area contributed by atoms with Gasteiger partial charge < -0.3 is 94.3 Å². The zero-order valence-corrected chi connectivity index (χ0v) is 43.9. The predicted octanol–water partition coefficient (Wildman–Crippen LogP) is -3.65. The number of nitrogens with one attached hydrogen (secondary N) is 6. The molecule has 436 valence electrons. The molecule has 76 heavy (non-hydrogen) atoms. The summed E-state index contributed by atoms with van der Waals surface area (Å²) in [7, 11) is 0. The van der Waals surface area contributed by atoms with Crippen molar-refractivity contribution in [2.75, 3.05) is 6.61 Å². The number of primary amides is 2. The number of amides is 8. The van der Waals surface area contributed by atoms with E-state index in [4.69, 9.17) is 31.8 Å². The molecule has 19 N–H and O–H groups in total. The van der Waals surface area contributed by atoms with Crippen molar-refractivity contribution in [3.63, 3.8) is 0 Å². The Labute approximate surface area is 440 Å². The van der Waals surface area contributed by atoms with Crippen molar-refractivity contribution >= 4 is 65.2 Å². The van der Waals surface area contributed by atoms with E-state index in [0.717, 1.165) is 26.2 Å². The number of aliphatic hydroxyl groups excluding tert-OH is 4. The zero-order chi connectivity index (χ0) is 58.2. The normalized spacial score (nSPS) is 20.2. The monoisotopic (exact) mass is 1090 g/mol. The molecule has 1 unspecified atom stereocenters. The SMILES string of the molecule is CC(=O)N[C@H]1C(O)O[C@H](CO)[C@@H](O)[C@H]1O[C@H](C)C(=O)N[C@H](C(=O)N[C@H](CCC(=O)O)C(N)=O)[C@@H](C)O.CCCCCCCCCCCC(=O)N[C@@H](C)C(=O)N[C@H](CCC(=O)N[C@@H](CCC[C@H](N)C(N)=O)C(=O)O)C(=O)O. The summed E-state index contributed by atoms with van der Waals surface area (Å²) >= 11 is 0. The third-order valence-corrected chi connectivity index (χ3v) is 11.9. The summed E-state index contributed by atoms with van der Waals surface area (Å²) in [5.74, 6) is -9.96. The standard InChI is InChI=1S/C27H49N5O8.C20H34N4O12/c1-3-4-5-6-7-8-9-10-11-15-22(33)30-18(2)25(36)32-21(27(39)40)16-17-23(34)31-20(26(37)38)14-12-13-19(28)24(29)35;1-7(26)13(19(33)23-10(17(21)31)4-5-12(28)29)24-18(32)8(2)35-16-14(22-9(3)27)20(34)36-11(6-25)15(16)30/h18-21H,3-17,28H2,1-2H3,(H2,29,35)(H,30,33)(H,31,34)(H,32,36)(H,37,38)(H,39,40);7-8,10-11,13-16,20,25-26,30,34H,4-6H2,1-3H3,(H2,21,31)(H,22,27)(H,23,33)(H,24,32)(H,28,29)/t18-,19-,20-,21+;7-,8-,10-,11-,13+,14-,15-,16+,20?/m01/s1. The molecule has 0 radical (unpaired) electrons. The van der Waals surface area contributed by atoms with Crippen LogP contribution in [0.25, 0.3) is 0 Å². The number of hydrogen-bond acceptors (Lipinski definition) is 18. The molecule has 0 aromatic carbocycles. The maximum absolute atomic E-state index is 12.7. The van der Waals surface area contributed by atoms with Crippen molar-refractivity contribution in [2.24, 2.45) is 17.2 Å². The van der Waals surface area contributed by atoms with Gasteiger partial charge in [-0.25, -0.2) is 9.59 Å². The van der Waals surface area contributed by atoms with Crippen LogP contribution in [0.5, 0.6) is 0 Å². The highest BCUT2D eigenvalue weighted by molar-refractivity contribution is 5.93. The van der Waals surface area contributed by atoms with Gasteiger partial charge in [0.25, 0.3) is 0 Å². The van der Waals surface area contributed by atoms with Crippen LogP contribution in [0.1, 0.15) is 144 Å². The lowest BCUT2D eigenvalue weighted by Gasteiger charge is -2.43. The number of rotatable bonds is 37. The molecule has 1 aliphatic heterocycles. The maximum atomic E-state index is 12.7. The van der Waals surface area contributed by atoms with E-state index in [0.29, 0.717) is 6.42 Å². The van der Waals surface area contributed by atoms with E-state index in [-0.39, 0.29) is 50.9 Å². The topological polar surface area (TPSA) is 498 Å². The quantitative estimate of drug-likeness (QED) is 0.0267. The summed E-state index contributed by atoms with van der Waals surface area (Å²) < 4.78 is 10.6. The average Bonchev–Trinajstić information content (AvgIpc) is 3.33. The Morgan fingerprint density at radius 2 is 1.14 bits per heavy atom. The number of carbonyl (C=O) groups is 11. The van der Waals surface area contributed by atoms with E-state index in [2.05, 4.69) is 38.8 Å². The Bertz CT molecular complexity index is 1900. The van der Waals surface area contributed by atoms with Gasteiger partial charge in [0.2, 0.25) is 47.3 Å². The second-order valence-corrected chi connectivity index (χ2v) is 18.5. The van der Waals surface area contributed by atoms with E-state index in [1.807, 2.05) is 0 Å². The van der Waals surface area contributed by atoms with Crippen molar-refractivity contribution < 1.29 is 98.0 Å². The number of carbonyl (C=O) groups excluding carboxylic acids is 8. The molecule has 0 bridgehead atoms. The molecule has 1 saturated heterocycles. The van der Waals surface area contributed by atoms with Gasteiger partial charge in [0.1, 0.15) is 60.7 Å². The molecule has 8 amide bonds. The Morgan fingerprint density at radius 1 is 0.618 bits per heavy atom. The summed E-state index contributed by atoms with van der Waals surface area (Å²) in [4.78, 5) is 130. The van der Waals surface area contributed by atoms with Crippen LogP contribution in [-0.2, 0) is 62.2 Å². The molecule has 1 aliphatic rings. The van der Waals surface area contributed by atoms with Crippen LogP contribution in [0.2, 0.25) is 0 Å². The highest BCUT2D eigenvalue weighted by Gasteiger charge is 2.47. The van der Waals surface area contributed by atoms with Gasteiger partial charge in [0, 0.05) is 26.2 Å². The first-order valence-electron chi connectivity index (χ1n) is 25.3. The van der Waals surface area contributed by atoms with Crippen LogP contribution in [0.3, 0.4) is 0 Å². The van der Waals surface area contributed by atoms with Crippen molar-refractivity contribution in [3.05, 3.63) is 0 Å². The minimum atomic E-state index is -1.69. The lowest BCUT2D eigenvalue weighted by Crippen LogP contribution is -2.66. The van der Waals surface area contributed by atoms with Gasteiger partial charge in [0.15, 0.2) is 6.29 Å². The van der Waals surface area contributed by atoms with Crippen LogP contribution in [0.4, 0.5) is 0 Å². The second kappa shape index (κ2) is 37.6. The summed E-state index contributed by atoms with van der Waals surface area (Å²) in [5.41, 5.74) is 15.7. The molecule has 1 heterocycles. The van der Waals surface area contributed by atoms with Gasteiger partial charge in [0.05, 0.1) is 18.8 Å². The van der Waals surface area contributed by atoms with Crippen molar-refractivity contribution in [2.45, 2.75) is 223 Å². The smallest absolute Gasteiger partial charge is 0.326 e. The first-order chi connectivity index (χ1) is 35.6. The highest BCUT2D eigenvalue weighted by Crippen LogP contribution is 2.24. The molecular formula is C47H83N9O20. The Balaban J connectivity index is 0.00000149. The fourth-order valence-electron chi connectivity index (χ4n) is 7.44. The second-order valence-electron chi connectivity index (χ2n) is 18.5. The summed E-state index contributed by atoms with van der Waals surface area (Å²) in [6.07, 6.45) is 0.297. The van der Waals surface area contributed by atoms with Gasteiger partial charge in [-0.3, -0.25) is 43.2 Å². The molecule has 0 spiro atoms. The number of aliphatic hydroxyl groups is 4. The first-order valence-corrected chi connectivity index (χ1v) is 25.3. The van der Waals surface area contributed by atoms with Crippen LogP contribution in [0.15, 0.2) is 0 Å². The minimum Gasteiger partial charge on any atom is -0.481 e. The third-order valence-electron chi connectivity index (χ3n) is 11.9. The number of carboxylic acids is 3. The van der Waals surface area contributed by atoms with Crippen molar-refractivity contribution in [3.8, 4) is 0 Å². The van der Waals surface area contributed by atoms with E-state index in [9.17, 15) is 83.4 Å². The van der Waals surface area contributed by atoms with Crippen molar-refractivity contribution in [1.82, 2.24) is 31.9 Å². The molecule has 1 rings (SSSR count). The largest absolute Gasteiger partial charge is 0.481 e. The summed E-state index contributed by atoms with van der Waals surface area (Å²) in [6.45, 7) is 6.43. The maximum Gasteiger partial charge on any atom is 0.326 e. The molecule has 0 aromatic heterocycles. The minimum absolute atomic E-state index is 0.00257. The molecule has 0 aromatic rings. The van der Waals surface area contributed by atoms with Crippen molar-refractivity contribution in [1.29, 1.82) is 0 Å². The van der Waals surface area contributed by atoms with E-state index in [1.165, 1.54) is 52.9 Å². The summed E-state index contributed by atoms with van der Waals surface area (Å²) in [6, 6.07) is -8.88. The van der Waals surface area contributed by atoms with Crippen LogP contribution < -0.4 is 49.1 Å². The number of ether oxygens (including phenoxy) is 2. The first kappa shape index (κ1) is 69.9. The van der Waals surface area contributed by atoms with E-state index >= 15 is 0 Å². The predicted molar refractivity (Wildman–Crippen MR) is 266 cm³/mol. The van der Waals surface area contributed by atoms with Gasteiger partial charge in [-0.05, 0) is 59.3 Å². The zero-order valence-electron chi connectivity index (χ0n) is 43.9. The lowest BCUT2D eigenvalue weighted by atomic mass is 9.96. The summed E-state index contributed by atoms with van der Waals surface area (Å²) in [5, 5.41) is 81.4. The number of carboxylic acid groups (broad SMARTS) is 3. The highest BCUT2D eigenvalue weighted by atomic mass is 16.6. The number of hydrogen-bond donors (Lipinski definition) is 16. The van der Waals surface area contributed by atoms with Crippen LogP contribution in [-0.4, -0.2) is 187 Å². The molecule has 0 saturated carbocycles. The molecule has 13 atom stereocenters. The van der Waals surface area contributed by atoms with Crippen LogP contribution in [0, 0.1) is 0 Å². The van der Waals surface area contributed by atoms with E-state index in [1.54, 1.807) is 0 Å². The third kappa shape index (κ3) is 28.7. The average molecular weight is 1090 g/mol. The van der Waals surface area contributed by atoms with E-state index < -0.39 is 151 Å². The number of nitrogens with two attached hydrogens (primary N) is 3. The molecule has 0 aliphatic carbocycles. The van der Waals surface area contributed by atoms with Gasteiger partial charge in [-0.15, -0.1) is 0 Å². The lowest BCUT2D eigenvalue weighted by molar-refractivity contribution is -0.266.